The van der Waals surface area contributed by atoms with Gasteiger partial charge in [-0.15, -0.1) is 0 Å². The lowest BCUT2D eigenvalue weighted by molar-refractivity contribution is 0.0130. The highest BCUT2D eigenvalue weighted by Gasteiger charge is 2.31. The highest BCUT2D eigenvalue weighted by Crippen LogP contribution is 2.37. The zero-order valence-corrected chi connectivity index (χ0v) is 21.0. The molecule has 4 rings (SSSR count). The number of ether oxygens (including phenoxy) is 3. The summed E-state index contributed by atoms with van der Waals surface area (Å²) in [7, 11) is 2.87. The summed E-state index contributed by atoms with van der Waals surface area (Å²) in [6.07, 6.45) is 0. The van der Waals surface area contributed by atoms with Crippen molar-refractivity contribution < 1.29 is 38.0 Å². The molecule has 2 heterocycles. The van der Waals surface area contributed by atoms with Crippen LogP contribution in [-0.4, -0.2) is 46.4 Å². The number of carbonyl (C=O) groups is 1. The Labute approximate surface area is 217 Å². The second-order valence-corrected chi connectivity index (χ2v) is 8.63. The molecule has 0 atom stereocenters. The summed E-state index contributed by atoms with van der Waals surface area (Å²) in [5.74, 6) is -2.96. The minimum Gasteiger partial charge on any atom is -0.509 e. The summed E-state index contributed by atoms with van der Waals surface area (Å²) < 4.78 is 46.1. The Balaban J connectivity index is 1.90. The van der Waals surface area contributed by atoms with Gasteiger partial charge in [0.05, 0.1) is 26.3 Å². The first-order chi connectivity index (χ1) is 18.0. The van der Waals surface area contributed by atoms with Crippen LogP contribution in [0.4, 0.5) is 8.78 Å². The van der Waals surface area contributed by atoms with E-state index in [0.717, 1.165) is 6.92 Å². The number of ketones is 1. The van der Waals surface area contributed by atoms with Crippen molar-refractivity contribution in [3.05, 3.63) is 89.3 Å². The van der Waals surface area contributed by atoms with Crippen molar-refractivity contribution in [3.63, 3.8) is 0 Å². The Morgan fingerprint density at radius 3 is 2.34 bits per heavy atom. The number of hydrogen-bond donors (Lipinski definition) is 2. The quantitative estimate of drug-likeness (QED) is 0.206. The van der Waals surface area contributed by atoms with Gasteiger partial charge < -0.3 is 24.4 Å². The van der Waals surface area contributed by atoms with Crippen molar-refractivity contribution in [2.24, 2.45) is 0 Å². The van der Waals surface area contributed by atoms with E-state index in [2.05, 4.69) is 11.6 Å². The minimum absolute atomic E-state index is 0.0761. The van der Waals surface area contributed by atoms with E-state index in [-0.39, 0.29) is 41.8 Å². The third kappa shape index (κ3) is 5.24. The predicted octanol–water partition coefficient (Wildman–Crippen LogP) is 5.60. The summed E-state index contributed by atoms with van der Waals surface area (Å²) in [6, 6.07) is 13.5. The van der Waals surface area contributed by atoms with Crippen molar-refractivity contribution in [2.45, 2.75) is 19.4 Å². The van der Waals surface area contributed by atoms with Gasteiger partial charge in [0.15, 0.2) is 5.78 Å². The number of nitrogens with zero attached hydrogens (tertiary/aromatic N) is 2. The van der Waals surface area contributed by atoms with E-state index in [4.69, 9.17) is 14.2 Å². The van der Waals surface area contributed by atoms with Gasteiger partial charge in [0, 0.05) is 23.4 Å². The molecule has 2 aromatic heterocycles. The number of phenols is 1. The number of alkyl halides is 2. The molecule has 0 radical (unpaired) electrons. The fraction of sp³-hybridized carbons (Fsp3) is 0.214. The number of carbonyl (C=O) groups excluding carboxylic acids is 1. The predicted molar refractivity (Wildman–Crippen MR) is 137 cm³/mol. The van der Waals surface area contributed by atoms with E-state index in [1.807, 2.05) is 0 Å². The van der Waals surface area contributed by atoms with Crippen molar-refractivity contribution in [3.8, 4) is 23.1 Å². The molecular weight excluding hydrogens is 498 g/mol. The second-order valence-electron chi connectivity index (χ2n) is 8.63. The van der Waals surface area contributed by atoms with Gasteiger partial charge in [-0.25, -0.2) is 4.98 Å². The second kappa shape index (κ2) is 10.4. The summed E-state index contributed by atoms with van der Waals surface area (Å²) in [6.45, 7) is 3.85. The van der Waals surface area contributed by atoms with E-state index in [1.165, 1.54) is 49.1 Å². The lowest BCUT2D eigenvalue weighted by Crippen LogP contribution is -2.11. The van der Waals surface area contributed by atoms with Crippen LogP contribution in [0.25, 0.3) is 11.0 Å². The minimum atomic E-state index is -3.24. The number of rotatable bonds is 10. The van der Waals surface area contributed by atoms with Crippen molar-refractivity contribution >= 4 is 16.8 Å². The Hall–Kier alpha value is -4.60. The summed E-state index contributed by atoms with van der Waals surface area (Å²) >= 11 is 0. The molecule has 0 aliphatic rings. The van der Waals surface area contributed by atoms with Crippen LogP contribution in [0.15, 0.2) is 66.9 Å². The number of methoxy groups -OCH3 is 2. The summed E-state index contributed by atoms with van der Waals surface area (Å²) in [4.78, 5) is 17.8. The molecule has 0 saturated carbocycles. The number of aromatic nitrogens is 2. The standard InChI is InChI=1S/C28H26F2N2O6/c1-16(33)15-38-20-9-11-22(34)18(13-20)14-32-26-21(10-12-23(31-26)28(2,29)30)24(27(32)37-4)25(35)17-5-7-19(36-3)8-6-17/h5-13,33-34H,1,14-15H2,2-4H3. The lowest BCUT2D eigenvalue weighted by Gasteiger charge is -2.14. The number of halogens is 2. The molecule has 0 spiro atoms. The fourth-order valence-electron chi connectivity index (χ4n) is 4.02. The first kappa shape index (κ1) is 26.5. The molecule has 8 nitrogen and oxygen atoms in total. The number of phenolic OH excluding ortho intramolecular Hbond substituents is 1. The van der Waals surface area contributed by atoms with Crippen LogP contribution in [0.5, 0.6) is 23.1 Å². The Morgan fingerprint density at radius 2 is 1.74 bits per heavy atom. The van der Waals surface area contributed by atoms with E-state index in [1.54, 1.807) is 24.3 Å². The molecule has 38 heavy (non-hydrogen) atoms. The molecule has 2 aromatic carbocycles. The third-order valence-electron chi connectivity index (χ3n) is 5.87. The highest BCUT2D eigenvalue weighted by atomic mass is 19.3. The molecule has 2 N–H and O–H groups in total. The Morgan fingerprint density at radius 1 is 1.05 bits per heavy atom. The Bertz CT molecular complexity index is 1510. The van der Waals surface area contributed by atoms with Crippen LogP contribution in [0.3, 0.4) is 0 Å². The molecule has 0 aliphatic heterocycles. The molecule has 0 aliphatic carbocycles. The summed E-state index contributed by atoms with van der Waals surface area (Å²) in [5, 5.41) is 20.2. The maximum atomic E-state index is 14.2. The molecule has 10 heteroatoms. The van der Waals surface area contributed by atoms with E-state index >= 15 is 0 Å². The number of hydrogen-bond acceptors (Lipinski definition) is 7. The summed E-state index contributed by atoms with van der Waals surface area (Å²) in [5.41, 5.74) is 0.384. The number of aromatic hydroxyl groups is 1. The van der Waals surface area contributed by atoms with Gasteiger partial charge in [-0.2, -0.15) is 8.78 Å². The molecule has 0 fully saturated rings. The van der Waals surface area contributed by atoms with Gasteiger partial charge in [-0.05, 0) is 54.6 Å². The normalized spacial score (nSPS) is 11.4. The molecule has 198 valence electrons. The average molecular weight is 525 g/mol. The number of benzene rings is 2. The van der Waals surface area contributed by atoms with Crippen molar-refractivity contribution in [2.75, 3.05) is 20.8 Å². The Kier molecular flexibility index (Phi) is 7.25. The van der Waals surface area contributed by atoms with E-state index in [0.29, 0.717) is 28.0 Å². The number of pyridine rings is 1. The van der Waals surface area contributed by atoms with Crippen LogP contribution < -0.4 is 14.2 Å². The van der Waals surface area contributed by atoms with E-state index in [9.17, 15) is 23.8 Å². The van der Waals surface area contributed by atoms with Crippen LogP contribution in [0.1, 0.15) is 34.1 Å². The van der Waals surface area contributed by atoms with Crippen molar-refractivity contribution in [1.82, 2.24) is 9.55 Å². The lowest BCUT2D eigenvalue weighted by atomic mass is 10.0. The van der Waals surface area contributed by atoms with Gasteiger partial charge in [0.1, 0.15) is 41.0 Å². The average Bonchev–Trinajstić information content (AvgIpc) is 3.20. The highest BCUT2D eigenvalue weighted by molar-refractivity contribution is 6.18. The zero-order valence-electron chi connectivity index (χ0n) is 21.0. The molecular formula is C28H26F2N2O6. The zero-order chi connectivity index (χ0) is 27.6. The van der Waals surface area contributed by atoms with E-state index < -0.39 is 17.4 Å². The molecule has 0 unspecified atom stereocenters. The van der Waals surface area contributed by atoms with Gasteiger partial charge in [0.25, 0.3) is 5.92 Å². The number of aliphatic hydroxyl groups is 1. The molecule has 4 aromatic rings. The largest absolute Gasteiger partial charge is 0.509 e. The van der Waals surface area contributed by atoms with Crippen LogP contribution in [-0.2, 0) is 12.5 Å². The van der Waals surface area contributed by atoms with Gasteiger partial charge >= 0.3 is 0 Å². The van der Waals surface area contributed by atoms with Gasteiger partial charge in [-0.3, -0.25) is 9.36 Å². The van der Waals surface area contributed by atoms with Gasteiger partial charge in [0.2, 0.25) is 5.88 Å². The molecule has 0 bridgehead atoms. The molecule has 0 amide bonds. The number of fused-ring (bicyclic) bond motifs is 1. The van der Waals surface area contributed by atoms with Crippen molar-refractivity contribution in [1.29, 1.82) is 0 Å². The maximum absolute atomic E-state index is 14.2. The van der Waals surface area contributed by atoms with Crippen LogP contribution in [0, 0.1) is 0 Å². The smallest absolute Gasteiger partial charge is 0.287 e. The first-order valence-electron chi connectivity index (χ1n) is 11.5. The molecule has 0 saturated heterocycles. The van der Waals surface area contributed by atoms with Crippen LogP contribution >= 0.6 is 0 Å². The third-order valence-corrected chi connectivity index (χ3v) is 5.87. The number of aliphatic hydroxyl groups excluding tert-OH is 1. The van der Waals surface area contributed by atoms with Gasteiger partial charge in [-0.1, -0.05) is 6.58 Å². The maximum Gasteiger partial charge on any atom is 0.287 e. The SMILES string of the molecule is C=C(O)COc1ccc(O)c(Cn2c(OC)c(C(=O)c3ccc(OC)cc3)c3ccc(C(C)(F)F)nc32)c1. The van der Waals surface area contributed by atoms with Crippen LogP contribution in [0.2, 0.25) is 0 Å². The first-order valence-corrected chi connectivity index (χ1v) is 11.5. The fourth-order valence-corrected chi connectivity index (χ4v) is 4.02. The monoisotopic (exact) mass is 524 g/mol. The topological polar surface area (TPSA) is 103 Å².